The highest BCUT2D eigenvalue weighted by Gasteiger charge is 2.15. The van der Waals surface area contributed by atoms with Gasteiger partial charge in [-0.1, -0.05) is 35.9 Å². The van der Waals surface area contributed by atoms with Crippen LogP contribution in [-0.2, 0) is 6.42 Å². The first-order valence-corrected chi connectivity index (χ1v) is 7.57. The van der Waals surface area contributed by atoms with Crippen LogP contribution in [0.2, 0.25) is 5.02 Å². The Morgan fingerprint density at radius 1 is 1.10 bits per heavy atom. The Bertz CT molecular complexity index is 612. The number of aryl methyl sites for hydroxylation is 2. The maximum absolute atomic E-state index is 6.27. The van der Waals surface area contributed by atoms with Crippen molar-refractivity contribution < 1.29 is 4.74 Å². The van der Waals surface area contributed by atoms with E-state index >= 15 is 0 Å². The van der Waals surface area contributed by atoms with Gasteiger partial charge in [0.05, 0.1) is 0 Å². The van der Waals surface area contributed by atoms with E-state index in [0.717, 1.165) is 12.2 Å². The van der Waals surface area contributed by atoms with Crippen LogP contribution in [0.15, 0.2) is 42.5 Å². The summed E-state index contributed by atoms with van der Waals surface area (Å²) < 4.78 is 5.87. The molecule has 112 valence electrons. The van der Waals surface area contributed by atoms with Crippen molar-refractivity contribution in [2.75, 3.05) is 0 Å². The molecule has 0 bridgehead atoms. The second-order valence-electron chi connectivity index (χ2n) is 5.57. The SMILES string of the molecule is Cc1ccc(CC(N)C(C)Oc2cccc(Cl)c2)cc1C. The Kier molecular flexibility index (Phi) is 5.27. The Hall–Kier alpha value is -1.51. The van der Waals surface area contributed by atoms with Gasteiger partial charge in [-0.05, 0) is 62.1 Å². The van der Waals surface area contributed by atoms with Crippen LogP contribution in [0.1, 0.15) is 23.6 Å². The summed E-state index contributed by atoms with van der Waals surface area (Å²) in [5, 5.41) is 0.669. The van der Waals surface area contributed by atoms with E-state index in [9.17, 15) is 0 Å². The van der Waals surface area contributed by atoms with E-state index in [1.54, 1.807) is 6.07 Å². The number of halogens is 1. The molecule has 21 heavy (non-hydrogen) atoms. The molecule has 2 aromatic rings. The fourth-order valence-corrected chi connectivity index (χ4v) is 2.39. The van der Waals surface area contributed by atoms with Gasteiger partial charge in [0.25, 0.3) is 0 Å². The van der Waals surface area contributed by atoms with Crippen molar-refractivity contribution >= 4 is 11.6 Å². The third-order valence-electron chi connectivity index (χ3n) is 3.76. The first-order valence-electron chi connectivity index (χ1n) is 7.19. The molecular weight excluding hydrogens is 282 g/mol. The molecule has 0 heterocycles. The van der Waals surface area contributed by atoms with Crippen LogP contribution in [0, 0.1) is 13.8 Å². The predicted molar refractivity (Wildman–Crippen MR) is 89.1 cm³/mol. The maximum atomic E-state index is 6.27. The molecule has 0 spiro atoms. The molecule has 0 fully saturated rings. The molecule has 2 atom stereocenters. The van der Waals surface area contributed by atoms with Gasteiger partial charge in [-0.25, -0.2) is 0 Å². The normalized spacial score (nSPS) is 13.8. The molecule has 3 heteroatoms. The van der Waals surface area contributed by atoms with Gasteiger partial charge < -0.3 is 10.5 Å². The van der Waals surface area contributed by atoms with E-state index < -0.39 is 0 Å². The van der Waals surface area contributed by atoms with E-state index in [-0.39, 0.29) is 12.1 Å². The number of benzene rings is 2. The third kappa shape index (κ3) is 4.48. The van der Waals surface area contributed by atoms with E-state index in [1.807, 2.05) is 25.1 Å². The van der Waals surface area contributed by atoms with Gasteiger partial charge in [-0.3, -0.25) is 0 Å². The lowest BCUT2D eigenvalue weighted by Crippen LogP contribution is -2.38. The Morgan fingerprint density at radius 3 is 2.52 bits per heavy atom. The van der Waals surface area contributed by atoms with Gasteiger partial charge in [0.2, 0.25) is 0 Å². The lowest BCUT2D eigenvalue weighted by atomic mass is 9.99. The van der Waals surface area contributed by atoms with Crippen LogP contribution in [0.25, 0.3) is 0 Å². The molecule has 0 aliphatic carbocycles. The molecule has 0 aliphatic heterocycles. The van der Waals surface area contributed by atoms with E-state index in [2.05, 4.69) is 32.0 Å². The van der Waals surface area contributed by atoms with Gasteiger partial charge in [0, 0.05) is 11.1 Å². The minimum Gasteiger partial charge on any atom is -0.489 e. The smallest absolute Gasteiger partial charge is 0.121 e. The molecule has 0 saturated heterocycles. The molecule has 2 nitrogen and oxygen atoms in total. The standard InChI is InChI=1S/C18H22ClNO/c1-12-7-8-15(9-13(12)2)10-18(20)14(3)21-17-6-4-5-16(19)11-17/h4-9,11,14,18H,10,20H2,1-3H3. The summed E-state index contributed by atoms with van der Waals surface area (Å²) >= 11 is 5.96. The maximum Gasteiger partial charge on any atom is 0.121 e. The van der Waals surface area contributed by atoms with Crippen LogP contribution < -0.4 is 10.5 Å². The molecule has 0 aliphatic rings. The van der Waals surface area contributed by atoms with Crippen LogP contribution >= 0.6 is 11.6 Å². The summed E-state index contributed by atoms with van der Waals surface area (Å²) in [5.74, 6) is 0.755. The second-order valence-corrected chi connectivity index (χ2v) is 6.00. The van der Waals surface area contributed by atoms with Crippen molar-refractivity contribution in [3.63, 3.8) is 0 Å². The number of hydrogen-bond donors (Lipinski definition) is 1. The Labute approximate surface area is 131 Å². The average Bonchev–Trinajstić information content (AvgIpc) is 2.43. The summed E-state index contributed by atoms with van der Waals surface area (Å²) in [6, 6.07) is 13.8. The van der Waals surface area contributed by atoms with Crippen LogP contribution in [0.5, 0.6) is 5.75 Å². The van der Waals surface area contributed by atoms with Crippen LogP contribution in [0.3, 0.4) is 0 Å². The Morgan fingerprint density at radius 2 is 1.86 bits per heavy atom. The van der Waals surface area contributed by atoms with E-state index in [4.69, 9.17) is 22.1 Å². The topological polar surface area (TPSA) is 35.2 Å². The summed E-state index contributed by atoms with van der Waals surface area (Å²) in [6.45, 7) is 6.23. The minimum absolute atomic E-state index is 0.0638. The molecule has 0 amide bonds. The summed E-state index contributed by atoms with van der Waals surface area (Å²) in [4.78, 5) is 0. The number of hydrogen-bond acceptors (Lipinski definition) is 2. The van der Waals surface area contributed by atoms with E-state index in [0.29, 0.717) is 5.02 Å². The zero-order chi connectivity index (χ0) is 15.4. The molecule has 2 unspecified atom stereocenters. The minimum atomic E-state index is -0.0786. The first-order chi connectivity index (χ1) is 9.95. The van der Waals surface area contributed by atoms with Crippen molar-refractivity contribution in [1.29, 1.82) is 0 Å². The fourth-order valence-electron chi connectivity index (χ4n) is 2.21. The zero-order valence-electron chi connectivity index (χ0n) is 12.8. The van der Waals surface area contributed by atoms with Crippen molar-refractivity contribution in [3.05, 3.63) is 64.2 Å². The predicted octanol–water partition coefficient (Wildman–Crippen LogP) is 4.29. The highest BCUT2D eigenvalue weighted by atomic mass is 35.5. The van der Waals surface area contributed by atoms with Crippen molar-refractivity contribution in [2.45, 2.75) is 39.3 Å². The number of nitrogens with two attached hydrogens (primary N) is 1. The van der Waals surface area contributed by atoms with Crippen molar-refractivity contribution in [2.24, 2.45) is 5.73 Å². The van der Waals surface area contributed by atoms with Crippen molar-refractivity contribution in [1.82, 2.24) is 0 Å². The number of ether oxygens (including phenoxy) is 1. The number of rotatable bonds is 5. The Balaban J connectivity index is 1.98. The highest BCUT2D eigenvalue weighted by Crippen LogP contribution is 2.20. The van der Waals surface area contributed by atoms with Crippen LogP contribution in [0.4, 0.5) is 0 Å². The lowest BCUT2D eigenvalue weighted by molar-refractivity contribution is 0.189. The third-order valence-corrected chi connectivity index (χ3v) is 4.00. The molecule has 2 aromatic carbocycles. The monoisotopic (exact) mass is 303 g/mol. The fraction of sp³-hybridized carbons (Fsp3) is 0.333. The molecule has 2 N–H and O–H groups in total. The average molecular weight is 304 g/mol. The van der Waals surface area contributed by atoms with Gasteiger partial charge in [0.1, 0.15) is 11.9 Å². The summed E-state index contributed by atoms with van der Waals surface area (Å²) in [5.41, 5.74) is 10.1. The van der Waals surface area contributed by atoms with Gasteiger partial charge in [0.15, 0.2) is 0 Å². The summed E-state index contributed by atoms with van der Waals surface area (Å²) in [7, 11) is 0. The van der Waals surface area contributed by atoms with Gasteiger partial charge >= 0.3 is 0 Å². The van der Waals surface area contributed by atoms with Gasteiger partial charge in [-0.2, -0.15) is 0 Å². The summed E-state index contributed by atoms with van der Waals surface area (Å²) in [6.07, 6.45) is 0.716. The highest BCUT2D eigenvalue weighted by molar-refractivity contribution is 6.30. The lowest BCUT2D eigenvalue weighted by Gasteiger charge is -2.22. The quantitative estimate of drug-likeness (QED) is 0.894. The largest absolute Gasteiger partial charge is 0.489 e. The van der Waals surface area contributed by atoms with Crippen molar-refractivity contribution in [3.8, 4) is 5.75 Å². The first kappa shape index (κ1) is 15.9. The molecule has 2 rings (SSSR count). The molecule has 0 aromatic heterocycles. The van der Waals surface area contributed by atoms with Crippen LogP contribution in [-0.4, -0.2) is 12.1 Å². The van der Waals surface area contributed by atoms with E-state index in [1.165, 1.54) is 16.7 Å². The van der Waals surface area contributed by atoms with Gasteiger partial charge in [-0.15, -0.1) is 0 Å². The molecule has 0 radical (unpaired) electrons. The zero-order valence-corrected chi connectivity index (χ0v) is 13.5. The molecule has 0 saturated carbocycles. The second kappa shape index (κ2) is 6.97. The molecular formula is C18H22ClNO.